The lowest BCUT2D eigenvalue weighted by molar-refractivity contribution is 0.0513. The third-order valence-corrected chi connectivity index (χ3v) is 4.89. The topological polar surface area (TPSA) is 50.1 Å². The summed E-state index contributed by atoms with van der Waals surface area (Å²) in [4.78, 5) is 11.9. The van der Waals surface area contributed by atoms with Gasteiger partial charge in [-0.05, 0) is 48.1 Å². The second-order valence-corrected chi connectivity index (χ2v) is 7.25. The number of aryl methyl sites for hydroxylation is 1. The normalized spacial score (nSPS) is 10.4. The third-order valence-electron chi connectivity index (χ3n) is 4.89. The highest BCUT2D eigenvalue weighted by molar-refractivity contribution is 5.89. The van der Waals surface area contributed by atoms with Crippen LogP contribution < -0.4 is 0 Å². The highest BCUT2D eigenvalue weighted by atomic mass is 16.5. The van der Waals surface area contributed by atoms with Crippen molar-refractivity contribution in [1.82, 2.24) is 0 Å². The predicted octanol–water partition coefficient (Wildman–Crippen LogP) is 6.25. The lowest BCUT2D eigenvalue weighted by Crippen LogP contribution is -2.06. The van der Waals surface area contributed by atoms with Gasteiger partial charge in [-0.2, -0.15) is 5.26 Å². The van der Waals surface area contributed by atoms with Crippen LogP contribution in [0.4, 0.5) is 0 Å². The Hall–Kier alpha value is -2.60. The first-order valence-corrected chi connectivity index (χ1v) is 10.4. The summed E-state index contributed by atoms with van der Waals surface area (Å²) < 4.78 is 5.04. The molecule has 0 saturated heterocycles. The van der Waals surface area contributed by atoms with Gasteiger partial charge < -0.3 is 4.74 Å². The van der Waals surface area contributed by atoms with E-state index in [9.17, 15) is 4.79 Å². The number of carbonyl (C=O) groups is 1. The molecular formula is C25H31NO2. The minimum absolute atomic E-state index is 0.141. The Kier molecular flexibility index (Phi) is 9.86. The summed E-state index contributed by atoms with van der Waals surface area (Å²) in [6, 6.07) is 18.3. The van der Waals surface area contributed by atoms with E-state index >= 15 is 0 Å². The molecular weight excluding hydrogens is 346 g/mol. The molecule has 0 unspecified atom stereocenters. The molecule has 0 saturated carbocycles. The number of esters is 1. The quantitative estimate of drug-likeness (QED) is 0.324. The molecule has 0 atom stereocenters. The summed E-state index contributed by atoms with van der Waals surface area (Å²) in [7, 11) is 0. The monoisotopic (exact) mass is 377 g/mol. The van der Waals surface area contributed by atoms with E-state index in [0.29, 0.717) is 5.56 Å². The standard InChI is InChI=1S/C25H31NO2/c1-2-3-4-5-6-7-9-21-10-12-22(13-11-21)20-23-14-16-24(17-15-23)25(27)28-19-8-18-26/h10-17H,2-9,19-20H2,1H3. The van der Waals surface area contributed by atoms with E-state index in [2.05, 4.69) is 31.2 Å². The van der Waals surface area contributed by atoms with E-state index in [4.69, 9.17) is 10.00 Å². The van der Waals surface area contributed by atoms with E-state index in [1.807, 2.05) is 18.2 Å². The second kappa shape index (κ2) is 12.7. The summed E-state index contributed by atoms with van der Waals surface area (Å²) >= 11 is 0. The number of hydrogen-bond donors (Lipinski definition) is 0. The van der Waals surface area contributed by atoms with Crippen molar-refractivity contribution in [2.45, 2.75) is 64.7 Å². The van der Waals surface area contributed by atoms with Crippen LogP contribution in [0.25, 0.3) is 0 Å². The van der Waals surface area contributed by atoms with Gasteiger partial charge in [0.1, 0.15) is 6.61 Å². The van der Waals surface area contributed by atoms with Gasteiger partial charge >= 0.3 is 5.97 Å². The SMILES string of the molecule is CCCCCCCCc1ccc(Cc2ccc(C(=O)OCCC#N)cc2)cc1. The Morgan fingerprint density at radius 2 is 1.43 bits per heavy atom. The van der Waals surface area contributed by atoms with Crippen molar-refractivity contribution in [1.29, 1.82) is 5.26 Å². The van der Waals surface area contributed by atoms with Crippen LogP contribution in [0, 0.1) is 11.3 Å². The van der Waals surface area contributed by atoms with Gasteiger partial charge in [0.25, 0.3) is 0 Å². The molecule has 3 nitrogen and oxygen atoms in total. The molecule has 0 N–H and O–H groups in total. The van der Waals surface area contributed by atoms with Crippen LogP contribution in [0.15, 0.2) is 48.5 Å². The van der Waals surface area contributed by atoms with Gasteiger partial charge in [0.05, 0.1) is 18.1 Å². The first kappa shape index (κ1) is 21.7. The summed E-state index contributed by atoms with van der Waals surface area (Å²) in [5, 5.41) is 8.48. The van der Waals surface area contributed by atoms with Crippen molar-refractivity contribution in [2.75, 3.05) is 6.61 Å². The maximum Gasteiger partial charge on any atom is 0.338 e. The highest BCUT2D eigenvalue weighted by Crippen LogP contribution is 2.15. The number of nitrogens with zero attached hydrogens (tertiary/aromatic N) is 1. The number of unbranched alkanes of at least 4 members (excludes halogenated alkanes) is 5. The van der Waals surface area contributed by atoms with Crippen molar-refractivity contribution >= 4 is 5.97 Å². The first-order chi connectivity index (χ1) is 13.7. The lowest BCUT2D eigenvalue weighted by atomic mass is 10.00. The largest absolute Gasteiger partial charge is 0.461 e. The molecule has 3 heteroatoms. The zero-order chi connectivity index (χ0) is 20.0. The molecule has 0 aliphatic carbocycles. The second-order valence-electron chi connectivity index (χ2n) is 7.25. The molecule has 0 amide bonds. The molecule has 148 valence electrons. The summed E-state index contributed by atoms with van der Waals surface area (Å²) in [6.07, 6.45) is 10.2. The molecule has 2 aromatic carbocycles. The summed E-state index contributed by atoms with van der Waals surface area (Å²) in [5.74, 6) is -0.374. The maximum absolute atomic E-state index is 11.9. The number of rotatable bonds is 12. The fraction of sp³-hybridized carbons (Fsp3) is 0.440. The Labute approximate surface area is 169 Å². The zero-order valence-electron chi connectivity index (χ0n) is 17.0. The van der Waals surface area contributed by atoms with E-state index in [1.54, 1.807) is 12.1 Å². The number of benzene rings is 2. The van der Waals surface area contributed by atoms with Gasteiger partial charge in [-0.25, -0.2) is 4.79 Å². The van der Waals surface area contributed by atoms with Crippen molar-refractivity contribution in [3.63, 3.8) is 0 Å². The van der Waals surface area contributed by atoms with E-state index < -0.39 is 0 Å². The van der Waals surface area contributed by atoms with Gasteiger partial charge in [0.15, 0.2) is 0 Å². The Morgan fingerprint density at radius 1 is 0.857 bits per heavy atom. The Morgan fingerprint density at radius 3 is 2.07 bits per heavy atom. The van der Waals surface area contributed by atoms with E-state index in [-0.39, 0.29) is 19.0 Å². The molecule has 0 spiro atoms. The van der Waals surface area contributed by atoms with E-state index in [1.165, 1.54) is 49.7 Å². The van der Waals surface area contributed by atoms with Gasteiger partial charge in [-0.15, -0.1) is 0 Å². The summed E-state index contributed by atoms with van der Waals surface area (Å²) in [6.45, 7) is 2.39. The molecule has 28 heavy (non-hydrogen) atoms. The molecule has 2 rings (SSSR count). The number of hydrogen-bond acceptors (Lipinski definition) is 3. The molecule has 0 heterocycles. The van der Waals surface area contributed by atoms with Gasteiger partial charge in [0, 0.05) is 0 Å². The highest BCUT2D eigenvalue weighted by Gasteiger charge is 2.07. The van der Waals surface area contributed by atoms with Crippen LogP contribution in [0.1, 0.15) is 78.9 Å². The van der Waals surface area contributed by atoms with Crippen molar-refractivity contribution < 1.29 is 9.53 Å². The molecule has 0 fully saturated rings. The Balaban J connectivity index is 1.77. The fourth-order valence-corrected chi connectivity index (χ4v) is 3.20. The average molecular weight is 378 g/mol. The molecule has 0 bridgehead atoms. The lowest BCUT2D eigenvalue weighted by Gasteiger charge is -2.07. The molecule has 0 aliphatic heterocycles. The number of ether oxygens (including phenoxy) is 1. The predicted molar refractivity (Wildman–Crippen MR) is 113 cm³/mol. The molecule has 0 radical (unpaired) electrons. The van der Waals surface area contributed by atoms with Gasteiger partial charge in [-0.1, -0.05) is 75.4 Å². The van der Waals surface area contributed by atoms with Crippen LogP contribution in [-0.2, 0) is 17.6 Å². The van der Waals surface area contributed by atoms with Gasteiger partial charge in [0.2, 0.25) is 0 Å². The number of carbonyl (C=O) groups excluding carboxylic acids is 1. The molecule has 2 aromatic rings. The smallest absolute Gasteiger partial charge is 0.338 e. The fourth-order valence-electron chi connectivity index (χ4n) is 3.20. The minimum atomic E-state index is -0.374. The maximum atomic E-state index is 11.9. The van der Waals surface area contributed by atoms with Crippen LogP contribution >= 0.6 is 0 Å². The minimum Gasteiger partial charge on any atom is -0.461 e. The summed E-state index contributed by atoms with van der Waals surface area (Å²) in [5.41, 5.74) is 4.37. The number of nitriles is 1. The third kappa shape index (κ3) is 7.96. The zero-order valence-corrected chi connectivity index (χ0v) is 17.0. The molecule has 0 aliphatic rings. The molecule has 0 aromatic heterocycles. The van der Waals surface area contributed by atoms with Crippen molar-refractivity contribution in [2.24, 2.45) is 0 Å². The van der Waals surface area contributed by atoms with Crippen LogP contribution in [-0.4, -0.2) is 12.6 Å². The van der Waals surface area contributed by atoms with Crippen LogP contribution in [0.3, 0.4) is 0 Å². The van der Waals surface area contributed by atoms with Crippen molar-refractivity contribution in [3.8, 4) is 6.07 Å². The average Bonchev–Trinajstić information content (AvgIpc) is 2.72. The van der Waals surface area contributed by atoms with Crippen LogP contribution in [0.2, 0.25) is 0 Å². The van der Waals surface area contributed by atoms with Crippen molar-refractivity contribution in [3.05, 3.63) is 70.8 Å². The Bertz CT molecular complexity index is 742. The van der Waals surface area contributed by atoms with Crippen LogP contribution in [0.5, 0.6) is 0 Å². The van der Waals surface area contributed by atoms with Gasteiger partial charge in [-0.3, -0.25) is 0 Å². The first-order valence-electron chi connectivity index (χ1n) is 10.4. The van der Waals surface area contributed by atoms with E-state index in [0.717, 1.165) is 18.4 Å².